The molecule has 0 N–H and O–H groups in total. The lowest BCUT2D eigenvalue weighted by molar-refractivity contribution is 0.629. The normalized spacial score (nSPS) is 11.3. The fraction of sp³-hybridized carbons (Fsp3) is 0.0800. The number of rotatable bonds is 2. The van der Waals surface area contributed by atoms with Crippen LogP contribution in [0.15, 0.2) is 83.3 Å². The van der Waals surface area contributed by atoms with Gasteiger partial charge in [-0.3, -0.25) is 0 Å². The summed E-state index contributed by atoms with van der Waals surface area (Å²) >= 11 is 0. The molecule has 2 heterocycles. The minimum atomic E-state index is 0.920. The number of aromatic nitrogens is 1. The topological polar surface area (TPSA) is 26.0 Å². The van der Waals surface area contributed by atoms with Gasteiger partial charge < -0.3 is 4.42 Å². The lowest BCUT2D eigenvalue weighted by Gasteiger charge is -2.12. The minimum absolute atomic E-state index is 0.920. The van der Waals surface area contributed by atoms with Crippen LogP contribution in [-0.4, -0.2) is 4.98 Å². The highest BCUT2D eigenvalue weighted by molar-refractivity contribution is 5.93. The number of aryl methyl sites for hydroxylation is 2. The molecule has 0 fully saturated rings. The van der Waals surface area contributed by atoms with Crippen molar-refractivity contribution >= 4 is 21.9 Å². The van der Waals surface area contributed by atoms with E-state index in [9.17, 15) is 0 Å². The van der Waals surface area contributed by atoms with Crippen LogP contribution in [0.2, 0.25) is 0 Å². The summed E-state index contributed by atoms with van der Waals surface area (Å²) in [6.45, 7) is 4.26. The predicted molar refractivity (Wildman–Crippen MR) is 112 cm³/mol. The largest absolute Gasteiger partial charge is 0.456 e. The Hall–Kier alpha value is -3.39. The molecule has 0 saturated carbocycles. The van der Waals surface area contributed by atoms with Crippen LogP contribution in [0.25, 0.3) is 44.5 Å². The first-order valence-corrected chi connectivity index (χ1v) is 9.16. The summed E-state index contributed by atoms with van der Waals surface area (Å²) in [6, 6.07) is 27.0. The van der Waals surface area contributed by atoms with Gasteiger partial charge in [0.1, 0.15) is 11.3 Å². The number of hydrogen-bond donors (Lipinski definition) is 0. The molecule has 0 aliphatic carbocycles. The van der Waals surface area contributed by atoms with Crippen LogP contribution in [0.3, 0.4) is 0 Å². The zero-order valence-corrected chi connectivity index (χ0v) is 15.4. The van der Waals surface area contributed by atoms with Crippen LogP contribution in [0, 0.1) is 13.8 Å². The Balaban J connectivity index is 1.79. The maximum absolute atomic E-state index is 6.26. The van der Waals surface area contributed by atoms with Gasteiger partial charge in [-0.1, -0.05) is 60.7 Å². The Morgan fingerprint density at radius 3 is 2.44 bits per heavy atom. The van der Waals surface area contributed by atoms with E-state index >= 15 is 0 Å². The van der Waals surface area contributed by atoms with Gasteiger partial charge in [-0.2, -0.15) is 0 Å². The Morgan fingerprint density at radius 1 is 0.741 bits per heavy atom. The zero-order chi connectivity index (χ0) is 18.4. The van der Waals surface area contributed by atoms with Crippen LogP contribution in [0.1, 0.15) is 11.1 Å². The van der Waals surface area contributed by atoms with Crippen molar-refractivity contribution in [1.29, 1.82) is 0 Å². The molecule has 0 spiro atoms. The van der Waals surface area contributed by atoms with Crippen molar-refractivity contribution in [2.45, 2.75) is 13.8 Å². The van der Waals surface area contributed by atoms with Gasteiger partial charge in [0.15, 0.2) is 0 Å². The van der Waals surface area contributed by atoms with Gasteiger partial charge in [0.05, 0.1) is 11.2 Å². The van der Waals surface area contributed by atoms with Gasteiger partial charge in [0.25, 0.3) is 0 Å². The molecule has 130 valence electrons. The standard InChI is InChI=1S/C25H19NO/c1-16-8-7-11-20(25-17(2)19-10-4-6-13-23(19)27-25)24(16)22-15-14-18-9-3-5-12-21(18)26-22/h3-15H,1-2H3. The first-order chi connectivity index (χ1) is 13.2. The molecule has 0 radical (unpaired) electrons. The molecule has 2 nitrogen and oxygen atoms in total. The first kappa shape index (κ1) is 15.8. The quantitative estimate of drug-likeness (QED) is 0.345. The van der Waals surface area contributed by atoms with E-state index in [2.05, 4.69) is 68.4 Å². The molecule has 0 aliphatic heterocycles. The second kappa shape index (κ2) is 6.10. The van der Waals surface area contributed by atoms with Crippen molar-refractivity contribution in [1.82, 2.24) is 4.98 Å². The third-order valence-electron chi connectivity index (χ3n) is 5.22. The molecule has 0 aliphatic rings. The van der Waals surface area contributed by atoms with E-state index in [1.165, 1.54) is 11.1 Å². The van der Waals surface area contributed by atoms with Crippen LogP contribution in [-0.2, 0) is 0 Å². The van der Waals surface area contributed by atoms with Gasteiger partial charge in [-0.15, -0.1) is 0 Å². The highest BCUT2D eigenvalue weighted by Gasteiger charge is 2.18. The van der Waals surface area contributed by atoms with E-state index in [-0.39, 0.29) is 0 Å². The van der Waals surface area contributed by atoms with Gasteiger partial charge in [-0.05, 0) is 37.6 Å². The molecule has 0 unspecified atom stereocenters. The summed E-state index contributed by atoms with van der Waals surface area (Å²) < 4.78 is 6.26. The fourth-order valence-electron chi connectivity index (χ4n) is 3.83. The minimum Gasteiger partial charge on any atom is -0.456 e. The fourth-order valence-corrected chi connectivity index (χ4v) is 3.83. The molecule has 0 amide bonds. The zero-order valence-electron chi connectivity index (χ0n) is 15.4. The van der Waals surface area contributed by atoms with E-state index in [1.54, 1.807) is 0 Å². The maximum atomic E-state index is 6.26. The first-order valence-electron chi connectivity index (χ1n) is 9.16. The summed E-state index contributed by atoms with van der Waals surface area (Å²) in [7, 11) is 0. The number of furan rings is 1. The third-order valence-corrected chi connectivity index (χ3v) is 5.22. The lowest BCUT2D eigenvalue weighted by atomic mass is 9.95. The number of nitrogens with zero attached hydrogens (tertiary/aromatic N) is 1. The number of pyridine rings is 1. The molecular weight excluding hydrogens is 330 g/mol. The van der Waals surface area contributed by atoms with E-state index in [1.807, 2.05) is 24.3 Å². The highest BCUT2D eigenvalue weighted by Crippen LogP contribution is 2.39. The average molecular weight is 349 g/mol. The molecule has 3 aromatic carbocycles. The number of para-hydroxylation sites is 2. The van der Waals surface area contributed by atoms with Crippen molar-refractivity contribution in [3.8, 4) is 22.6 Å². The van der Waals surface area contributed by atoms with E-state index in [0.717, 1.165) is 44.5 Å². The summed E-state index contributed by atoms with van der Waals surface area (Å²) in [5.41, 5.74) is 7.47. The molecule has 0 saturated heterocycles. The highest BCUT2D eigenvalue weighted by atomic mass is 16.3. The Bertz CT molecular complexity index is 1300. The van der Waals surface area contributed by atoms with Crippen molar-refractivity contribution < 1.29 is 4.42 Å². The molecule has 2 heteroatoms. The van der Waals surface area contributed by atoms with E-state index in [4.69, 9.17) is 9.40 Å². The van der Waals surface area contributed by atoms with Crippen molar-refractivity contribution in [2.75, 3.05) is 0 Å². The van der Waals surface area contributed by atoms with Crippen molar-refractivity contribution in [2.24, 2.45) is 0 Å². The predicted octanol–water partition coefficient (Wildman–Crippen LogP) is 6.93. The lowest BCUT2D eigenvalue weighted by Crippen LogP contribution is -1.92. The number of benzene rings is 3. The Morgan fingerprint density at radius 2 is 1.56 bits per heavy atom. The molecule has 27 heavy (non-hydrogen) atoms. The third kappa shape index (κ3) is 2.53. The molecule has 0 bridgehead atoms. The summed E-state index contributed by atoms with van der Waals surface area (Å²) in [5.74, 6) is 0.921. The second-order valence-corrected chi connectivity index (χ2v) is 6.94. The summed E-state index contributed by atoms with van der Waals surface area (Å²) in [5, 5.41) is 2.31. The average Bonchev–Trinajstić information content (AvgIpc) is 3.04. The summed E-state index contributed by atoms with van der Waals surface area (Å²) in [6.07, 6.45) is 0. The Labute approximate surface area is 158 Å². The van der Waals surface area contributed by atoms with Crippen molar-refractivity contribution in [3.05, 3.63) is 90.0 Å². The molecule has 5 aromatic rings. The molecule has 5 rings (SSSR count). The molecular formula is C25H19NO. The van der Waals surface area contributed by atoms with Crippen LogP contribution >= 0.6 is 0 Å². The van der Waals surface area contributed by atoms with E-state index in [0.29, 0.717) is 0 Å². The second-order valence-electron chi connectivity index (χ2n) is 6.94. The van der Waals surface area contributed by atoms with E-state index < -0.39 is 0 Å². The number of hydrogen-bond acceptors (Lipinski definition) is 2. The molecule has 2 aromatic heterocycles. The van der Waals surface area contributed by atoms with Crippen molar-refractivity contribution in [3.63, 3.8) is 0 Å². The van der Waals surface area contributed by atoms with Crippen LogP contribution in [0.4, 0.5) is 0 Å². The van der Waals surface area contributed by atoms with Gasteiger partial charge in [0.2, 0.25) is 0 Å². The Kier molecular flexibility index (Phi) is 3.58. The van der Waals surface area contributed by atoms with Crippen LogP contribution < -0.4 is 0 Å². The molecule has 0 atom stereocenters. The number of fused-ring (bicyclic) bond motifs is 2. The van der Waals surface area contributed by atoms with Crippen LogP contribution in [0.5, 0.6) is 0 Å². The monoisotopic (exact) mass is 349 g/mol. The summed E-state index contributed by atoms with van der Waals surface area (Å²) in [4.78, 5) is 4.93. The smallest absolute Gasteiger partial charge is 0.139 e. The maximum Gasteiger partial charge on any atom is 0.139 e. The SMILES string of the molecule is Cc1cccc(-c2oc3ccccc3c2C)c1-c1ccc2ccccc2n1. The van der Waals surface area contributed by atoms with Gasteiger partial charge >= 0.3 is 0 Å². The van der Waals surface area contributed by atoms with Gasteiger partial charge in [-0.25, -0.2) is 4.98 Å². The van der Waals surface area contributed by atoms with Gasteiger partial charge in [0, 0.05) is 27.5 Å².